The van der Waals surface area contributed by atoms with Crippen molar-refractivity contribution in [2.75, 3.05) is 19.6 Å². The van der Waals surface area contributed by atoms with Crippen molar-refractivity contribution in [3.05, 3.63) is 0 Å². The molecule has 2 aliphatic heterocycles. The number of carboxylic acid groups (broad SMARTS) is 1. The van der Waals surface area contributed by atoms with E-state index in [0.717, 1.165) is 12.8 Å². The van der Waals surface area contributed by atoms with Gasteiger partial charge in [-0.3, -0.25) is 24.2 Å². The molecule has 19 heavy (non-hydrogen) atoms. The molecule has 6 heteroatoms. The minimum atomic E-state index is -0.761. The molecule has 0 aliphatic carbocycles. The van der Waals surface area contributed by atoms with Crippen molar-refractivity contribution in [2.45, 2.75) is 38.6 Å². The van der Waals surface area contributed by atoms with E-state index in [-0.39, 0.29) is 36.6 Å². The van der Waals surface area contributed by atoms with Crippen LogP contribution in [0.5, 0.6) is 0 Å². The lowest BCUT2D eigenvalue weighted by molar-refractivity contribution is -0.141. The minimum absolute atomic E-state index is 0.0924. The predicted molar refractivity (Wildman–Crippen MR) is 67.3 cm³/mol. The van der Waals surface area contributed by atoms with Crippen LogP contribution >= 0.6 is 0 Å². The summed E-state index contributed by atoms with van der Waals surface area (Å²) in [5.74, 6) is -0.750. The number of likely N-dealkylation sites (tertiary alicyclic amines) is 2. The van der Waals surface area contributed by atoms with Crippen LogP contribution in [-0.2, 0) is 14.4 Å². The van der Waals surface area contributed by atoms with Crippen LogP contribution in [0.2, 0.25) is 0 Å². The topological polar surface area (TPSA) is 77.9 Å². The number of hydrogen-bond donors (Lipinski definition) is 1. The molecule has 2 amide bonds. The first kappa shape index (κ1) is 14.0. The van der Waals surface area contributed by atoms with Crippen LogP contribution in [0.1, 0.15) is 32.6 Å². The van der Waals surface area contributed by atoms with Gasteiger partial charge in [-0.05, 0) is 38.8 Å². The molecule has 0 aromatic carbocycles. The molecule has 0 aromatic heterocycles. The molecule has 2 aliphatic rings. The Morgan fingerprint density at radius 2 is 1.95 bits per heavy atom. The number of likely N-dealkylation sites (N-methyl/N-ethyl adjacent to an activating group) is 1. The maximum Gasteiger partial charge on any atom is 0.303 e. The van der Waals surface area contributed by atoms with Crippen molar-refractivity contribution in [3.63, 3.8) is 0 Å². The summed E-state index contributed by atoms with van der Waals surface area (Å²) >= 11 is 0. The first-order valence-electron chi connectivity index (χ1n) is 6.83. The van der Waals surface area contributed by atoms with Crippen molar-refractivity contribution in [1.82, 2.24) is 9.80 Å². The normalized spacial score (nSPS) is 26.2. The van der Waals surface area contributed by atoms with Gasteiger partial charge in [0.2, 0.25) is 11.8 Å². The molecule has 106 valence electrons. The third kappa shape index (κ3) is 2.94. The van der Waals surface area contributed by atoms with E-state index in [0.29, 0.717) is 19.6 Å². The zero-order valence-corrected chi connectivity index (χ0v) is 11.2. The van der Waals surface area contributed by atoms with Gasteiger partial charge in [-0.15, -0.1) is 0 Å². The van der Waals surface area contributed by atoms with E-state index in [1.807, 2.05) is 4.90 Å². The van der Waals surface area contributed by atoms with Crippen molar-refractivity contribution < 1.29 is 19.5 Å². The van der Waals surface area contributed by atoms with E-state index in [1.54, 1.807) is 6.92 Å². The number of carbonyl (C=O) groups excluding carboxylic acids is 2. The zero-order valence-electron chi connectivity index (χ0n) is 11.2. The Bertz CT molecular complexity index is 388. The van der Waals surface area contributed by atoms with Crippen molar-refractivity contribution >= 4 is 17.8 Å². The summed E-state index contributed by atoms with van der Waals surface area (Å²) in [5.41, 5.74) is 0. The van der Waals surface area contributed by atoms with Gasteiger partial charge in [0.15, 0.2) is 0 Å². The summed E-state index contributed by atoms with van der Waals surface area (Å²) in [4.78, 5) is 37.8. The van der Waals surface area contributed by atoms with Crippen LogP contribution in [0.4, 0.5) is 0 Å². The van der Waals surface area contributed by atoms with Gasteiger partial charge in [-0.25, -0.2) is 0 Å². The van der Waals surface area contributed by atoms with E-state index in [2.05, 4.69) is 0 Å². The molecule has 2 fully saturated rings. The highest BCUT2D eigenvalue weighted by Crippen LogP contribution is 2.26. The number of amides is 2. The average molecular weight is 268 g/mol. The third-order valence-corrected chi connectivity index (χ3v) is 4.09. The maximum atomic E-state index is 12.1. The van der Waals surface area contributed by atoms with Crippen LogP contribution in [0.25, 0.3) is 0 Å². The number of piperidine rings is 1. The minimum Gasteiger partial charge on any atom is -0.481 e. The number of nitrogens with zero attached hydrogens (tertiary/aromatic N) is 2. The fourth-order valence-electron chi connectivity index (χ4n) is 3.00. The molecule has 1 unspecified atom stereocenters. The number of carbonyl (C=O) groups is 3. The van der Waals surface area contributed by atoms with Gasteiger partial charge in [0.1, 0.15) is 0 Å². The molecular weight excluding hydrogens is 248 g/mol. The van der Waals surface area contributed by atoms with E-state index in [9.17, 15) is 14.4 Å². The fraction of sp³-hybridized carbons (Fsp3) is 0.769. The summed E-state index contributed by atoms with van der Waals surface area (Å²) in [6, 6.07) is -0.321. The molecule has 0 radical (unpaired) electrons. The Morgan fingerprint density at radius 3 is 2.42 bits per heavy atom. The largest absolute Gasteiger partial charge is 0.481 e. The second kappa shape index (κ2) is 5.69. The van der Waals surface area contributed by atoms with Crippen LogP contribution in [0.3, 0.4) is 0 Å². The number of rotatable bonds is 4. The molecule has 2 heterocycles. The average Bonchev–Trinajstić information content (AvgIpc) is 2.64. The lowest BCUT2D eigenvalue weighted by Crippen LogP contribution is -2.46. The Kier molecular flexibility index (Phi) is 4.19. The van der Waals surface area contributed by atoms with Gasteiger partial charge >= 0.3 is 5.97 Å². The van der Waals surface area contributed by atoms with Gasteiger partial charge in [-0.2, -0.15) is 0 Å². The number of imide groups is 1. The lowest BCUT2D eigenvalue weighted by Gasteiger charge is -2.34. The van der Waals surface area contributed by atoms with Gasteiger partial charge in [-0.1, -0.05) is 0 Å². The van der Waals surface area contributed by atoms with Crippen LogP contribution in [-0.4, -0.2) is 58.4 Å². The van der Waals surface area contributed by atoms with E-state index in [4.69, 9.17) is 5.11 Å². The molecule has 1 atom stereocenters. The smallest absolute Gasteiger partial charge is 0.303 e. The van der Waals surface area contributed by atoms with E-state index < -0.39 is 5.97 Å². The molecule has 0 spiro atoms. The predicted octanol–water partition coefficient (Wildman–Crippen LogP) is 0.320. The third-order valence-electron chi connectivity index (χ3n) is 4.09. The van der Waals surface area contributed by atoms with Crippen LogP contribution in [0.15, 0.2) is 0 Å². The van der Waals surface area contributed by atoms with Gasteiger partial charge in [0.25, 0.3) is 0 Å². The second-order valence-corrected chi connectivity index (χ2v) is 5.27. The standard InChI is InChI=1S/C13H20N2O4/c1-2-15-11(16)8-10(13(15)19)14-5-3-9(4-6-14)7-12(17)18/h9-10H,2-8H2,1H3,(H,17,18). The second-order valence-electron chi connectivity index (χ2n) is 5.27. The maximum absolute atomic E-state index is 12.1. The Morgan fingerprint density at radius 1 is 1.32 bits per heavy atom. The van der Waals surface area contributed by atoms with Crippen molar-refractivity contribution in [3.8, 4) is 0 Å². The Labute approximate surface area is 112 Å². The summed E-state index contributed by atoms with van der Waals surface area (Å²) < 4.78 is 0. The van der Waals surface area contributed by atoms with Crippen LogP contribution in [0, 0.1) is 5.92 Å². The molecule has 0 saturated carbocycles. The number of aliphatic carboxylic acids is 1. The van der Waals surface area contributed by atoms with Gasteiger partial charge in [0, 0.05) is 13.0 Å². The quantitative estimate of drug-likeness (QED) is 0.743. The summed E-state index contributed by atoms with van der Waals surface area (Å²) in [5, 5.41) is 8.77. The fourth-order valence-corrected chi connectivity index (χ4v) is 3.00. The molecule has 2 saturated heterocycles. The van der Waals surface area contributed by atoms with Gasteiger partial charge in [0.05, 0.1) is 12.5 Å². The summed E-state index contributed by atoms with van der Waals surface area (Å²) in [7, 11) is 0. The first-order chi connectivity index (χ1) is 9.02. The number of hydrogen-bond acceptors (Lipinski definition) is 4. The lowest BCUT2D eigenvalue weighted by atomic mass is 9.92. The summed E-state index contributed by atoms with van der Waals surface area (Å²) in [6.07, 6.45) is 2.05. The first-order valence-corrected chi connectivity index (χ1v) is 6.83. The molecule has 6 nitrogen and oxygen atoms in total. The van der Waals surface area contributed by atoms with E-state index >= 15 is 0 Å². The monoisotopic (exact) mass is 268 g/mol. The highest BCUT2D eigenvalue weighted by Gasteiger charge is 2.41. The zero-order chi connectivity index (χ0) is 14.0. The highest BCUT2D eigenvalue weighted by molar-refractivity contribution is 6.05. The highest BCUT2D eigenvalue weighted by atomic mass is 16.4. The molecule has 1 N–H and O–H groups in total. The van der Waals surface area contributed by atoms with Crippen LogP contribution < -0.4 is 0 Å². The molecule has 0 aromatic rings. The SMILES string of the molecule is CCN1C(=O)CC(N2CCC(CC(=O)O)CC2)C1=O. The number of carboxylic acids is 1. The van der Waals surface area contributed by atoms with E-state index in [1.165, 1.54) is 4.90 Å². The van der Waals surface area contributed by atoms with Crippen molar-refractivity contribution in [2.24, 2.45) is 5.92 Å². The molecular formula is C13H20N2O4. The molecule has 2 rings (SSSR count). The Balaban J connectivity index is 1.90. The Hall–Kier alpha value is -1.43. The summed E-state index contributed by atoms with van der Waals surface area (Å²) in [6.45, 7) is 3.65. The van der Waals surface area contributed by atoms with Crippen molar-refractivity contribution in [1.29, 1.82) is 0 Å². The molecule has 0 bridgehead atoms. The van der Waals surface area contributed by atoms with Gasteiger partial charge < -0.3 is 5.11 Å².